The number of halogens is 1. The Morgan fingerprint density at radius 1 is 1.00 bits per heavy atom. The van der Waals surface area contributed by atoms with E-state index in [-0.39, 0.29) is 18.3 Å². The number of hydrogen-bond acceptors (Lipinski definition) is 10. The van der Waals surface area contributed by atoms with Crippen LogP contribution in [0.3, 0.4) is 0 Å². The molecule has 0 aliphatic carbocycles. The van der Waals surface area contributed by atoms with Gasteiger partial charge >= 0.3 is 0 Å². The van der Waals surface area contributed by atoms with Crippen LogP contribution in [-0.2, 0) is 11.3 Å². The lowest BCUT2D eigenvalue weighted by atomic mass is 10.1. The first kappa shape index (κ1) is 23.4. The molecule has 0 bridgehead atoms. The molecule has 4 heterocycles. The molecule has 1 aromatic carbocycles. The van der Waals surface area contributed by atoms with Gasteiger partial charge in [0.05, 0.1) is 48.9 Å². The quantitative estimate of drug-likeness (QED) is 0.377. The van der Waals surface area contributed by atoms with Gasteiger partial charge in [-0.05, 0) is 42.8 Å². The minimum Gasteiger partial charge on any atom is -0.378 e. The molecule has 0 saturated carbocycles. The zero-order valence-electron chi connectivity index (χ0n) is 19.7. The van der Waals surface area contributed by atoms with Crippen molar-refractivity contribution in [1.29, 1.82) is 0 Å². The monoisotopic (exact) mass is 485 g/mol. The summed E-state index contributed by atoms with van der Waals surface area (Å²) in [7, 11) is 0. The fourth-order valence-electron chi connectivity index (χ4n) is 3.78. The second-order valence-corrected chi connectivity index (χ2v) is 8.18. The molecule has 0 amide bonds. The topological polar surface area (TPSA) is 114 Å². The third-order valence-electron chi connectivity index (χ3n) is 5.47. The first-order chi connectivity index (χ1) is 17.6. The number of hydrogen-bond donors (Lipinski definition) is 1. The molecule has 182 valence electrons. The number of benzene rings is 1. The number of azo groups is 1. The number of pyridine rings is 1. The number of rotatable bonds is 7. The molecule has 36 heavy (non-hydrogen) atoms. The van der Waals surface area contributed by atoms with Crippen molar-refractivity contribution in [2.75, 3.05) is 36.5 Å². The number of nitrogens with zero attached hydrogens (tertiary/aromatic N) is 8. The fourth-order valence-corrected chi connectivity index (χ4v) is 3.78. The molecular formula is C25H24FN9O. The van der Waals surface area contributed by atoms with Gasteiger partial charge in [-0.3, -0.25) is 15.0 Å². The highest BCUT2D eigenvalue weighted by atomic mass is 19.1. The third kappa shape index (κ3) is 5.81. The van der Waals surface area contributed by atoms with E-state index in [2.05, 4.69) is 52.6 Å². The average molecular weight is 486 g/mol. The lowest BCUT2D eigenvalue weighted by Crippen LogP contribution is -2.37. The van der Waals surface area contributed by atoms with Crippen molar-refractivity contribution in [3.63, 3.8) is 0 Å². The van der Waals surface area contributed by atoms with Crippen molar-refractivity contribution in [2.24, 2.45) is 10.2 Å². The van der Waals surface area contributed by atoms with Gasteiger partial charge in [0, 0.05) is 36.7 Å². The number of nitrogens with one attached hydrogen (secondary N) is 1. The number of morpholine rings is 1. The second kappa shape index (κ2) is 10.9. The minimum atomic E-state index is -0.488. The molecule has 1 aliphatic heterocycles. The van der Waals surface area contributed by atoms with Crippen molar-refractivity contribution in [2.45, 2.75) is 13.5 Å². The molecule has 1 saturated heterocycles. The van der Waals surface area contributed by atoms with Crippen molar-refractivity contribution in [3.05, 3.63) is 78.4 Å². The van der Waals surface area contributed by atoms with Gasteiger partial charge < -0.3 is 15.0 Å². The first-order valence-corrected chi connectivity index (χ1v) is 11.5. The lowest BCUT2D eigenvalue weighted by Gasteiger charge is -2.27. The van der Waals surface area contributed by atoms with Crippen LogP contribution in [0.5, 0.6) is 0 Å². The Hall–Kier alpha value is -4.38. The molecule has 5 rings (SSSR count). The highest BCUT2D eigenvalue weighted by Crippen LogP contribution is 2.25. The number of aryl methyl sites for hydroxylation is 1. The van der Waals surface area contributed by atoms with E-state index >= 15 is 0 Å². The van der Waals surface area contributed by atoms with E-state index in [9.17, 15) is 4.39 Å². The highest BCUT2D eigenvalue weighted by Gasteiger charge is 2.17. The van der Waals surface area contributed by atoms with E-state index in [1.165, 1.54) is 0 Å². The van der Waals surface area contributed by atoms with Crippen LogP contribution in [0.25, 0.3) is 11.3 Å². The van der Waals surface area contributed by atoms with Crippen LogP contribution < -0.4 is 10.2 Å². The summed E-state index contributed by atoms with van der Waals surface area (Å²) in [5.74, 6) is -0.165. The predicted octanol–water partition coefficient (Wildman–Crippen LogP) is 4.64. The molecule has 1 aliphatic rings. The van der Waals surface area contributed by atoms with Gasteiger partial charge in [0.15, 0.2) is 11.6 Å². The average Bonchev–Trinajstić information content (AvgIpc) is 2.91. The minimum absolute atomic E-state index is 0.106. The Labute approximate surface area is 207 Å². The van der Waals surface area contributed by atoms with Crippen molar-refractivity contribution in [1.82, 2.24) is 24.9 Å². The van der Waals surface area contributed by atoms with Gasteiger partial charge in [0.25, 0.3) is 5.95 Å². The second-order valence-electron chi connectivity index (χ2n) is 8.18. The van der Waals surface area contributed by atoms with Gasteiger partial charge in [0.1, 0.15) is 6.54 Å². The molecule has 1 N–H and O–H groups in total. The molecule has 3 aromatic heterocycles. The maximum Gasteiger partial charge on any atom is 0.270 e. The Morgan fingerprint density at radius 3 is 2.67 bits per heavy atom. The number of anilines is 3. The van der Waals surface area contributed by atoms with E-state index in [0.717, 1.165) is 40.1 Å². The van der Waals surface area contributed by atoms with Crippen molar-refractivity contribution >= 4 is 23.1 Å². The third-order valence-corrected chi connectivity index (χ3v) is 5.47. The molecule has 10 nitrogen and oxygen atoms in total. The van der Waals surface area contributed by atoms with E-state index in [1.54, 1.807) is 24.8 Å². The van der Waals surface area contributed by atoms with Crippen LogP contribution in [0, 0.1) is 12.7 Å². The molecule has 11 heteroatoms. The Balaban J connectivity index is 1.22. The van der Waals surface area contributed by atoms with Gasteiger partial charge in [-0.2, -0.15) is 10.1 Å². The summed E-state index contributed by atoms with van der Waals surface area (Å²) < 4.78 is 19.5. The van der Waals surface area contributed by atoms with Crippen LogP contribution in [0.4, 0.5) is 27.5 Å². The Kier molecular flexibility index (Phi) is 7.08. The summed E-state index contributed by atoms with van der Waals surface area (Å²) >= 11 is 0. The van der Waals surface area contributed by atoms with E-state index in [0.29, 0.717) is 26.3 Å². The zero-order valence-corrected chi connectivity index (χ0v) is 19.7. The summed E-state index contributed by atoms with van der Waals surface area (Å²) in [5.41, 5.74) is 5.38. The van der Waals surface area contributed by atoms with Crippen LogP contribution in [0.1, 0.15) is 11.3 Å². The lowest BCUT2D eigenvalue weighted by molar-refractivity contribution is 0.122. The molecule has 0 spiro atoms. The molecule has 0 atom stereocenters. The van der Waals surface area contributed by atoms with E-state index < -0.39 is 5.82 Å². The van der Waals surface area contributed by atoms with Crippen molar-refractivity contribution in [3.8, 4) is 11.3 Å². The van der Waals surface area contributed by atoms with Crippen LogP contribution in [0.15, 0.2) is 71.5 Å². The standard InChI is InChI=1S/C25H24FN9O/c1-17-10-18(23-16-27-4-5-28-23)12-21(11-17)32-20-3-2-19(29-13-20)14-31-34-25-30-15-22(26)24(33-25)35-6-8-36-9-7-35/h2-5,10-13,15-16,32H,6-9,14H2,1H3. The maximum absolute atomic E-state index is 14.2. The summed E-state index contributed by atoms with van der Waals surface area (Å²) in [6.07, 6.45) is 7.92. The Bertz CT molecular complexity index is 1340. The normalized spacial score (nSPS) is 13.8. The zero-order chi connectivity index (χ0) is 24.7. The fraction of sp³-hybridized carbons (Fsp3) is 0.240. The van der Waals surface area contributed by atoms with Crippen LogP contribution >= 0.6 is 0 Å². The smallest absolute Gasteiger partial charge is 0.270 e. The van der Waals surface area contributed by atoms with Crippen molar-refractivity contribution < 1.29 is 9.13 Å². The summed E-state index contributed by atoms with van der Waals surface area (Å²) in [4.78, 5) is 22.9. The Morgan fingerprint density at radius 2 is 1.89 bits per heavy atom. The SMILES string of the molecule is Cc1cc(Nc2ccc(CN=Nc3ncc(F)c(N4CCOCC4)n3)nc2)cc(-c2cnccn2)c1. The van der Waals surface area contributed by atoms with E-state index in [1.807, 2.05) is 30.0 Å². The molecular weight excluding hydrogens is 461 g/mol. The number of ether oxygens (including phenoxy) is 1. The summed E-state index contributed by atoms with van der Waals surface area (Å²) in [5, 5.41) is 11.6. The van der Waals surface area contributed by atoms with E-state index in [4.69, 9.17) is 4.74 Å². The highest BCUT2D eigenvalue weighted by molar-refractivity contribution is 5.69. The first-order valence-electron chi connectivity index (χ1n) is 11.5. The summed E-state index contributed by atoms with van der Waals surface area (Å²) in [6, 6.07) is 9.93. The molecule has 0 unspecified atom stereocenters. The van der Waals surface area contributed by atoms with Gasteiger partial charge in [0.2, 0.25) is 0 Å². The van der Waals surface area contributed by atoms with Gasteiger partial charge in [-0.15, -0.1) is 5.11 Å². The predicted molar refractivity (Wildman–Crippen MR) is 133 cm³/mol. The van der Waals surface area contributed by atoms with Gasteiger partial charge in [-0.25, -0.2) is 9.37 Å². The molecule has 4 aromatic rings. The van der Waals surface area contributed by atoms with Crippen LogP contribution in [-0.4, -0.2) is 51.2 Å². The summed E-state index contributed by atoms with van der Waals surface area (Å²) in [6.45, 7) is 4.48. The van der Waals surface area contributed by atoms with Crippen LogP contribution in [0.2, 0.25) is 0 Å². The maximum atomic E-state index is 14.2. The molecule has 1 fully saturated rings. The molecule has 0 radical (unpaired) electrons. The number of aromatic nitrogens is 5. The van der Waals surface area contributed by atoms with Gasteiger partial charge in [-0.1, -0.05) is 0 Å². The largest absolute Gasteiger partial charge is 0.378 e.